The molecule has 5 atom stereocenters. The molecule has 0 aromatic carbocycles. The molecule has 10 heterocycles. The zero-order valence-electron chi connectivity index (χ0n) is 15.5. The third kappa shape index (κ3) is 0.160. The molecule has 1 nitrogen and oxygen atoms in total. The fourth-order valence-electron chi connectivity index (χ4n) is 20.1. The van der Waals surface area contributed by atoms with Gasteiger partial charge < -0.3 is 0 Å². The molecule has 0 saturated carbocycles. The van der Waals surface area contributed by atoms with Crippen molar-refractivity contribution in [2.75, 3.05) is 13.7 Å². The summed E-state index contributed by atoms with van der Waals surface area (Å²) < 4.78 is 7.96. The van der Waals surface area contributed by atoms with Crippen LogP contribution in [0.1, 0.15) is 41.5 Å². The third-order valence-electron chi connectivity index (χ3n) is 17.1. The topological polar surface area (TPSA) is 9.23 Å². The average molecular weight is 374 g/mol. The van der Waals surface area contributed by atoms with Crippen LogP contribution in [0.4, 0.5) is 0 Å². The van der Waals surface area contributed by atoms with Crippen LogP contribution in [0.15, 0.2) is 0 Å². The zero-order valence-corrected chi connectivity index (χ0v) is 17.5. The van der Waals surface area contributed by atoms with E-state index >= 15 is 0 Å². The first-order chi connectivity index (χ1) is 10.4. The molecular weight excluding hydrogens is 343 g/mol. The summed E-state index contributed by atoms with van der Waals surface area (Å²) in [6.07, 6.45) is 0. The van der Waals surface area contributed by atoms with E-state index in [2.05, 4.69) is 41.5 Å². The molecular formula is C20H31FeOP. The summed E-state index contributed by atoms with van der Waals surface area (Å²) in [5.41, 5.74) is 0. The van der Waals surface area contributed by atoms with Gasteiger partial charge >= 0.3 is 132 Å². The molecule has 10 aliphatic rings. The summed E-state index contributed by atoms with van der Waals surface area (Å²) in [5, 5.41) is 1.07. The summed E-state index contributed by atoms with van der Waals surface area (Å²) in [6.45, 7) is 13.7. The number of rotatable bonds is 3. The van der Waals surface area contributed by atoms with Crippen LogP contribution in [-0.4, -0.2) is 28.1 Å². The summed E-state index contributed by atoms with van der Waals surface area (Å²) in [4.78, 5) is 11.2. The molecule has 10 saturated heterocycles. The Labute approximate surface area is 131 Å². The fraction of sp³-hybridized carbons (Fsp3) is 1.00. The van der Waals surface area contributed by atoms with E-state index in [0.717, 1.165) is 8.37 Å². The van der Waals surface area contributed by atoms with Crippen LogP contribution >= 0.6 is 7.92 Å². The van der Waals surface area contributed by atoms with E-state index < -0.39 is 6.51 Å². The van der Waals surface area contributed by atoms with Gasteiger partial charge in [0.1, 0.15) is 0 Å². The Kier molecular flexibility index (Phi) is 0.566. The molecule has 23 heavy (non-hydrogen) atoms. The van der Waals surface area contributed by atoms with Crippen LogP contribution in [-0.2, 0) is 11.2 Å². The van der Waals surface area contributed by atoms with Crippen molar-refractivity contribution in [3.63, 3.8) is 0 Å². The van der Waals surface area contributed by atoms with E-state index in [0.29, 0.717) is 10.3 Å². The molecule has 10 aliphatic heterocycles. The van der Waals surface area contributed by atoms with Crippen molar-refractivity contribution < 1.29 is 11.2 Å². The van der Waals surface area contributed by atoms with Gasteiger partial charge in [0.15, 0.2) is 0 Å². The first-order valence-electron chi connectivity index (χ1n) is 9.87. The van der Waals surface area contributed by atoms with Crippen LogP contribution in [0.5, 0.6) is 0 Å². The molecule has 0 aromatic heterocycles. The van der Waals surface area contributed by atoms with Crippen LogP contribution in [0, 0.1) is 0 Å². The molecule has 0 radical (unpaired) electrons. The van der Waals surface area contributed by atoms with Crippen LogP contribution < -0.4 is 0 Å². The van der Waals surface area contributed by atoms with Crippen molar-refractivity contribution >= 4 is 7.92 Å². The summed E-state index contributed by atoms with van der Waals surface area (Å²) in [6, 6.07) is 0. The summed E-state index contributed by atoms with van der Waals surface area (Å²) in [5.74, 6) is 0. The van der Waals surface area contributed by atoms with Gasteiger partial charge in [0.05, 0.1) is 0 Å². The van der Waals surface area contributed by atoms with E-state index in [1.54, 1.807) is 0 Å². The summed E-state index contributed by atoms with van der Waals surface area (Å²) >= 11 is 0. The third-order valence-corrected chi connectivity index (χ3v) is 68.5. The van der Waals surface area contributed by atoms with E-state index in [9.17, 15) is 0 Å². The molecule has 0 bridgehead atoms. The van der Waals surface area contributed by atoms with Gasteiger partial charge in [-0.1, -0.05) is 0 Å². The second-order valence-electron chi connectivity index (χ2n) is 15.0. The standard InChI is InChI=1S/C15H26OP.C5H5.Fe/c1-14(2,3)17(15(4,5)6)13-10-8-9-12(13)11-16-7;1-2-4-5-3-1;/h8-10H,11H2,1-7H3;1-5H;. The van der Waals surface area contributed by atoms with Crippen LogP contribution in [0.3, 0.4) is 0 Å². The Hall–Kier alpha value is 0.909. The van der Waals surface area contributed by atoms with Gasteiger partial charge in [-0.25, -0.2) is 0 Å². The molecule has 3 heteroatoms. The minimum atomic E-state index is -3.26. The van der Waals surface area contributed by atoms with E-state index in [4.69, 9.17) is 4.74 Å². The van der Waals surface area contributed by atoms with Gasteiger partial charge in [-0.05, 0) is 0 Å². The van der Waals surface area contributed by atoms with Crippen molar-refractivity contribution in [3.05, 3.63) is 0 Å². The van der Waals surface area contributed by atoms with Gasteiger partial charge in [0.25, 0.3) is 0 Å². The van der Waals surface area contributed by atoms with Gasteiger partial charge in [-0.3, -0.25) is 0 Å². The average Bonchev–Trinajstić information content (AvgIpc) is 3.30. The first kappa shape index (κ1) is 11.6. The fourth-order valence-corrected chi connectivity index (χ4v) is 114. The summed E-state index contributed by atoms with van der Waals surface area (Å²) in [7, 11) is 2.14. The van der Waals surface area contributed by atoms with Gasteiger partial charge in [0, 0.05) is 0 Å². The maximum atomic E-state index is 6.11. The molecule has 5 unspecified atom stereocenters. The van der Waals surface area contributed by atoms with Gasteiger partial charge in [0.2, 0.25) is 0 Å². The zero-order chi connectivity index (χ0) is 15.9. The SMILES string of the molecule is COC[C]12[CH]3[CH]4[CH]5[C]1(P(C(C)(C)C)C(C)(C)C)[Fe]43521678[CH]2[CH]1[CH]6[CH]7[CH]28. The number of methoxy groups -OCH3 is 1. The molecule has 0 aromatic rings. The van der Waals surface area contributed by atoms with Gasteiger partial charge in [-0.2, -0.15) is 0 Å². The molecule has 10 rings (SSSR count). The van der Waals surface area contributed by atoms with Crippen molar-refractivity contribution in [2.45, 2.75) is 98.8 Å². The number of hydrogen-bond acceptors (Lipinski definition) is 1. The second-order valence-corrected chi connectivity index (χ2v) is 42.8. The predicted octanol–water partition coefficient (Wildman–Crippen LogP) is 6.38. The van der Waals surface area contributed by atoms with E-state index in [1.807, 2.05) is 7.11 Å². The van der Waals surface area contributed by atoms with E-state index in [1.165, 1.54) is 45.1 Å². The normalized spacial score (nSPS) is 96.3. The molecule has 0 aliphatic carbocycles. The van der Waals surface area contributed by atoms with Crippen molar-refractivity contribution in [1.82, 2.24) is 0 Å². The Morgan fingerprint density at radius 2 is 1.30 bits per heavy atom. The second kappa shape index (κ2) is 1.12. The van der Waals surface area contributed by atoms with Gasteiger partial charge in [-0.15, -0.1) is 0 Å². The Morgan fingerprint density at radius 1 is 0.826 bits per heavy atom. The maximum absolute atomic E-state index is 6.11. The quantitative estimate of drug-likeness (QED) is 0.411. The molecule has 0 amide bonds. The van der Waals surface area contributed by atoms with Crippen molar-refractivity contribution in [1.29, 1.82) is 0 Å². The number of hydrogen-bond donors (Lipinski definition) is 0. The van der Waals surface area contributed by atoms with Crippen molar-refractivity contribution in [2.24, 2.45) is 0 Å². The molecule has 10 fully saturated rings. The van der Waals surface area contributed by atoms with Crippen molar-refractivity contribution in [3.8, 4) is 0 Å². The minimum absolute atomic E-state index is 0.0997. The monoisotopic (exact) mass is 374 g/mol. The Balaban J connectivity index is 1.44. The molecule has 130 valence electrons. The van der Waals surface area contributed by atoms with E-state index in [-0.39, 0.29) is 7.92 Å². The van der Waals surface area contributed by atoms with Crippen LogP contribution in [0.25, 0.3) is 0 Å². The van der Waals surface area contributed by atoms with Crippen LogP contribution in [0.2, 0.25) is 42.8 Å². The molecule has 1 spiro atoms. The predicted molar refractivity (Wildman–Crippen MR) is 93.7 cm³/mol. The first-order valence-corrected chi connectivity index (χ1v) is 17.4. The molecule has 0 N–H and O–H groups in total. The Bertz CT molecular complexity index is 1120. The Morgan fingerprint density at radius 3 is 1.61 bits per heavy atom. The number of fused-ring (bicyclic) bond motifs is 10. The number of ether oxygens (including phenoxy) is 1.